The number of hydrogen-bond acceptors (Lipinski definition) is 4. The van der Waals surface area contributed by atoms with Crippen LogP contribution in [0.5, 0.6) is 0 Å². The number of anilines is 1. The van der Waals surface area contributed by atoms with Gasteiger partial charge in [-0.3, -0.25) is 4.99 Å². The molecule has 0 aliphatic carbocycles. The molecule has 0 aromatic heterocycles. The van der Waals surface area contributed by atoms with Crippen molar-refractivity contribution in [3.05, 3.63) is 65.7 Å². The molecule has 0 spiro atoms. The second kappa shape index (κ2) is 9.76. The van der Waals surface area contributed by atoms with Crippen molar-refractivity contribution in [2.24, 2.45) is 4.99 Å². The number of nitrogens with zero attached hydrogens (tertiary/aromatic N) is 2. The number of hydrogen-bond donors (Lipinski definition) is 3. The summed E-state index contributed by atoms with van der Waals surface area (Å²) in [5.41, 5.74) is 3.08. The van der Waals surface area contributed by atoms with E-state index in [-0.39, 0.29) is 5.75 Å². The first kappa shape index (κ1) is 21.1. The third kappa shape index (κ3) is 6.20. The minimum atomic E-state index is -3.25. The van der Waals surface area contributed by atoms with E-state index in [1.165, 1.54) is 12.7 Å². The van der Waals surface area contributed by atoms with Crippen molar-refractivity contribution < 1.29 is 8.42 Å². The van der Waals surface area contributed by atoms with E-state index >= 15 is 0 Å². The number of guanidine groups is 1. The van der Waals surface area contributed by atoms with Crippen molar-refractivity contribution in [1.82, 2.24) is 15.4 Å². The van der Waals surface area contributed by atoms with Crippen molar-refractivity contribution in [3.8, 4) is 0 Å². The molecule has 8 heteroatoms. The first-order valence-corrected chi connectivity index (χ1v) is 11.4. The lowest BCUT2D eigenvalue weighted by Gasteiger charge is -2.20. The van der Waals surface area contributed by atoms with Gasteiger partial charge in [0, 0.05) is 38.4 Å². The van der Waals surface area contributed by atoms with Crippen molar-refractivity contribution in [2.45, 2.75) is 24.8 Å². The van der Waals surface area contributed by atoms with Crippen LogP contribution in [0, 0.1) is 0 Å². The van der Waals surface area contributed by atoms with Gasteiger partial charge in [0.1, 0.15) is 0 Å². The van der Waals surface area contributed by atoms with Gasteiger partial charge in [-0.2, -0.15) is 0 Å². The average molecular weight is 416 g/mol. The molecule has 156 valence electrons. The van der Waals surface area contributed by atoms with Gasteiger partial charge in [-0.1, -0.05) is 42.5 Å². The molecule has 1 atom stereocenters. The Balaban J connectivity index is 1.48. The molecule has 3 rings (SSSR count). The summed E-state index contributed by atoms with van der Waals surface area (Å²) < 4.78 is 25.6. The summed E-state index contributed by atoms with van der Waals surface area (Å²) in [6, 6.07) is 18.4. The highest BCUT2D eigenvalue weighted by molar-refractivity contribution is 7.88. The molecule has 3 N–H and O–H groups in total. The van der Waals surface area contributed by atoms with Gasteiger partial charge in [-0.15, -0.1) is 0 Å². The van der Waals surface area contributed by atoms with Crippen LogP contribution in [0.15, 0.2) is 59.6 Å². The van der Waals surface area contributed by atoms with E-state index in [1.807, 2.05) is 30.3 Å². The van der Waals surface area contributed by atoms with Crippen LogP contribution in [-0.4, -0.2) is 47.6 Å². The Hall–Kier alpha value is -2.58. The smallest absolute Gasteiger partial charge is 0.215 e. The zero-order valence-corrected chi connectivity index (χ0v) is 17.7. The molecule has 0 amide bonds. The molecule has 2 aromatic rings. The summed E-state index contributed by atoms with van der Waals surface area (Å²) in [4.78, 5) is 6.71. The Bertz CT molecular complexity index is 914. The van der Waals surface area contributed by atoms with E-state index in [9.17, 15) is 8.42 Å². The Labute approximate surface area is 173 Å². The highest BCUT2D eigenvalue weighted by Gasteiger charge is 2.23. The second-order valence-corrected chi connectivity index (χ2v) is 9.04. The molecule has 1 heterocycles. The van der Waals surface area contributed by atoms with Crippen LogP contribution in [0.3, 0.4) is 0 Å². The third-order valence-electron chi connectivity index (χ3n) is 5.02. The van der Waals surface area contributed by atoms with Crippen LogP contribution in [-0.2, 0) is 22.3 Å². The molecule has 0 bridgehead atoms. The van der Waals surface area contributed by atoms with E-state index in [2.05, 4.69) is 49.5 Å². The Morgan fingerprint density at radius 1 is 1.10 bits per heavy atom. The largest absolute Gasteiger partial charge is 0.369 e. The predicted molar refractivity (Wildman–Crippen MR) is 119 cm³/mol. The van der Waals surface area contributed by atoms with Crippen molar-refractivity contribution in [1.29, 1.82) is 0 Å². The zero-order chi connectivity index (χ0) is 20.7. The molecule has 1 fully saturated rings. The molecule has 2 aromatic carbocycles. The summed E-state index contributed by atoms with van der Waals surface area (Å²) in [6.07, 6.45) is 1.06. The number of para-hydroxylation sites is 1. The van der Waals surface area contributed by atoms with Crippen LogP contribution in [0.4, 0.5) is 5.69 Å². The lowest BCUT2D eigenvalue weighted by atomic mass is 10.1. The predicted octanol–water partition coefficient (Wildman–Crippen LogP) is 1.68. The number of nitrogens with one attached hydrogen (secondary N) is 3. The molecule has 0 radical (unpaired) electrons. The summed E-state index contributed by atoms with van der Waals surface area (Å²) >= 11 is 0. The highest BCUT2D eigenvalue weighted by atomic mass is 32.2. The highest BCUT2D eigenvalue weighted by Crippen LogP contribution is 2.19. The number of sulfonamides is 1. The second-order valence-electron chi connectivity index (χ2n) is 7.12. The number of rotatable bonds is 7. The normalized spacial score (nSPS) is 17.4. The fourth-order valence-corrected chi connectivity index (χ4v) is 4.15. The molecule has 1 saturated heterocycles. The fourth-order valence-electron chi connectivity index (χ4n) is 3.37. The standard InChI is InChI=1S/C21H29N5O2S/c1-22-21(25-19-12-13-26(15-19)20-6-4-3-5-7-20)24-14-17-8-10-18(11-9-17)16-29(27,28)23-2/h3-11,19,23H,12-16H2,1-2H3,(H2,22,24,25). The molecule has 29 heavy (non-hydrogen) atoms. The number of benzene rings is 2. The maximum atomic E-state index is 11.6. The van der Waals surface area contributed by atoms with E-state index < -0.39 is 10.0 Å². The summed E-state index contributed by atoms with van der Waals surface area (Å²) in [6.45, 7) is 2.59. The fraction of sp³-hybridized carbons (Fsp3) is 0.381. The van der Waals surface area contributed by atoms with E-state index in [0.29, 0.717) is 12.6 Å². The van der Waals surface area contributed by atoms with E-state index in [1.54, 1.807) is 7.05 Å². The molecule has 1 unspecified atom stereocenters. The molecule has 0 saturated carbocycles. The summed E-state index contributed by atoms with van der Waals surface area (Å²) in [7, 11) is -0.0568. The first-order chi connectivity index (χ1) is 14.0. The van der Waals surface area contributed by atoms with Gasteiger partial charge in [0.05, 0.1) is 5.75 Å². The van der Waals surface area contributed by atoms with Gasteiger partial charge in [0.15, 0.2) is 5.96 Å². The minimum absolute atomic E-state index is 0.0139. The quantitative estimate of drug-likeness (QED) is 0.473. The van der Waals surface area contributed by atoms with E-state index in [0.717, 1.165) is 36.6 Å². The van der Waals surface area contributed by atoms with Gasteiger partial charge >= 0.3 is 0 Å². The monoisotopic (exact) mass is 415 g/mol. The van der Waals surface area contributed by atoms with Gasteiger partial charge < -0.3 is 15.5 Å². The maximum absolute atomic E-state index is 11.6. The van der Waals surface area contributed by atoms with E-state index in [4.69, 9.17) is 0 Å². The maximum Gasteiger partial charge on any atom is 0.215 e. The SMILES string of the molecule is CN=C(NCc1ccc(CS(=O)(=O)NC)cc1)NC1CCN(c2ccccc2)C1. The Morgan fingerprint density at radius 2 is 1.79 bits per heavy atom. The summed E-state index contributed by atoms with van der Waals surface area (Å²) in [5, 5.41) is 6.83. The third-order valence-corrected chi connectivity index (χ3v) is 6.36. The minimum Gasteiger partial charge on any atom is -0.369 e. The molecular weight excluding hydrogens is 386 g/mol. The Kier molecular flexibility index (Phi) is 7.11. The average Bonchev–Trinajstić information content (AvgIpc) is 3.21. The zero-order valence-electron chi connectivity index (χ0n) is 16.9. The molecular formula is C21H29N5O2S. The van der Waals surface area contributed by atoms with Crippen LogP contribution < -0.4 is 20.3 Å². The van der Waals surface area contributed by atoms with Gasteiger partial charge in [-0.25, -0.2) is 13.1 Å². The molecule has 7 nitrogen and oxygen atoms in total. The lowest BCUT2D eigenvalue weighted by molar-refractivity contribution is 0.587. The van der Waals surface area contributed by atoms with Gasteiger partial charge in [0.25, 0.3) is 0 Å². The van der Waals surface area contributed by atoms with Crippen LogP contribution in [0.2, 0.25) is 0 Å². The lowest BCUT2D eigenvalue weighted by Crippen LogP contribution is -2.44. The topological polar surface area (TPSA) is 85.8 Å². The first-order valence-electron chi connectivity index (χ1n) is 9.75. The van der Waals surface area contributed by atoms with Crippen LogP contribution >= 0.6 is 0 Å². The number of aliphatic imine (C=N–C) groups is 1. The molecule has 1 aliphatic heterocycles. The van der Waals surface area contributed by atoms with Crippen molar-refractivity contribution >= 4 is 21.7 Å². The summed E-state index contributed by atoms with van der Waals surface area (Å²) in [5.74, 6) is 0.756. The van der Waals surface area contributed by atoms with Gasteiger partial charge in [0.2, 0.25) is 10.0 Å². The van der Waals surface area contributed by atoms with Crippen LogP contribution in [0.25, 0.3) is 0 Å². The van der Waals surface area contributed by atoms with Crippen LogP contribution in [0.1, 0.15) is 17.5 Å². The Morgan fingerprint density at radius 3 is 2.45 bits per heavy atom. The van der Waals surface area contributed by atoms with Crippen molar-refractivity contribution in [3.63, 3.8) is 0 Å². The molecule has 1 aliphatic rings. The van der Waals surface area contributed by atoms with Gasteiger partial charge in [-0.05, 0) is 36.7 Å². The van der Waals surface area contributed by atoms with Crippen molar-refractivity contribution in [2.75, 3.05) is 32.1 Å².